The molecule has 0 saturated carbocycles. The average Bonchev–Trinajstić information content (AvgIpc) is 2.32. The number of hydrogen-bond acceptors (Lipinski definition) is 2. The van der Waals surface area contributed by atoms with Crippen molar-refractivity contribution in [1.82, 2.24) is 4.98 Å². The normalized spacial score (nSPS) is 12.4. The molecule has 1 heterocycles. The van der Waals surface area contributed by atoms with Crippen molar-refractivity contribution in [2.45, 2.75) is 26.4 Å². The van der Waals surface area contributed by atoms with Gasteiger partial charge in [0.15, 0.2) is 0 Å². The van der Waals surface area contributed by atoms with Crippen LogP contribution in [0.4, 0.5) is 0 Å². The molecule has 2 heteroatoms. The van der Waals surface area contributed by atoms with Gasteiger partial charge >= 0.3 is 0 Å². The van der Waals surface area contributed by atoms with Crippen LogP contribution in [0.1, 0.15) is 28.5 Å². The molecule has 17 heavy (non-hydrogen) atoms. The lowest BCUT2D eigenvalue weighted by Gasteiger charge is -2.13. The molecule has 1 atom stereocenters. The first-order valence-electron chi connectivity index (χ1n) is 5.82. The summed E-state index contributed by atoms with van der Waals surface area (Å²) in [5.41, 5.74) is 4.28. The summed E-state index contributed by atoms with van der Waals surface area (Å²) in [4.78, 5) is 4.14. The maximum atomic E-state index is 10.2. The third-order valence-corrected chi connectivity index (χ3v) is 2.98. The van der Waals surface area contributed by atoms with Gasteiger partial charge in [-0.25, -0.2) is 0 Å². The van der Waals surface area contributed by atoms with Gasteiger partial charge in [-0.1, -0.05) is 24.3 Å². The van der Waals surface area contributed by atoms with Crippen molar-refractivity contribution in [1.29, 1.82) is 0 Å². The van der Waals surface area contributed by atoms with E-state index in [0.29, 0.717) is 6.42 Å². The molecule has 2 nitrogen and oxygen atoms in total. The molecule has 0 aliphatic heterocycles. The fourth-order valence-electron chi connectivity index (χ4n) is 1.94. The Bertz CT molecular complexity index is 508. The lowest BCUT2D eigenvalue weighted by Crippen LogP contribution is -2.03. The smallest absolute Gasteiger partial charge is 0.0831 e. The molecule has 1 N–H and O–H groups in total. The quantitative estimate of drug-likeness (QED) is 0.874. The van der Waals surface area contributed by atoms with E-state index in [1.807, 2.05) is 31.2 Å². The van der Waals surface area contributed by atoms with Crippen molar-refractivity contribution in [3.05, 3.63) is 65.0 Å². The highest BCUT2D eigenvalue weighted by atomic mass is 16.3. The highest BCUT2D eigenvalue weighted by Crippen LogP contribution is 2.20. The predicted molar refractivity (Wildman–Crippen MR) is 68.8 cm³/mol. The summed E-state index contributed by atoms with van der Waals surface area (Å²) in [5, 5.41) is 10.2. The van der Waals surface area contributed by atoms with E-state index in [1.54, 1.807) is 6.20 Å². The predicted octanol–water partition coefficient (Wildman–Crippen LogP) is 2.97. The third-order valence-electron chi connectivity index (χ3n) is 2.98. The number of aliphatic hydroxyl groups excluding tert-OH is 1. The number of aliphatic hydroxyl groups is 1. The van der Waals surface area contributed by atoms with Crippen molar-refractivity contribution in [2.75, 3.05) is 0 Å². The molecule has 0 bridgehead atoms. The molecule has 0 radical (unpaired) electrons. The largest absolute Gasteiger partial charge is 0.388 e. The van der Waals surface area contributed by atoms with Crippen LogP contribution in [-0.4, -0.2) is 10.1 Å². The van der Waals surface area contributed by atoms with Crippen molar-refractivity contribution in [2.24, 2.45) is 0 Å². The second kappa shape index (κ2) is 5.11. The molecule has 2 aromatic rings. The van der Waals surface area contributed by atoms with Crippen molar-refractivity contribution >= 4 is 0 Å². The highest BCUT2D eigenvalue weighted by molar-refractivity contribution is 5.28. The van der Waals surface area contributed by atoms with Gasteiger partial charge in [-0.3, -0.25) is 4.98 Å². The Hall–Kier alpha value is -1.67. The lowest BCUT2D eigenvalue weighted by molar-refractivity contribution is 0.178. The molecular weight excluding hydrogens is 210 g/mol. The van der Waals surface area contributed by atoms with E-state index in [9.17, 15) is 5.11 Å². The SMILES string of the molecule is Cc1cc(C(O)Cc2ccccc2C)ccn1. The monoisotopic (exact) mass is 227 g/mol. The molecule has 0 aliphatic rings. The summed E-state index contributed by atoms with van der Waals surface area (Å²) >= 11 is 0. The summed E-state index contributed by atoms with van der Waals surface area (Å²) in [5.74, 6) is 0. The standard InChI is InChI=1S/C15H17NO/c1-11-5-3-4-6-13(11)10-15(17)14-7-8-16-12(2)9-14/h3-9,15,17H,10H2,1-2H3. The van der Waals surface area contributed by atoms with Gasteiger partial charge in [-0.05, 0) is 42.7 Å². The molecule has 0 fully saturated rings. The Morgan fingerprint density at radius 1 is 1.18 bits per heavy atom. The van der Waals surface area contributed by atoms with Crippen LogP contribution in [0, 0.1) is 13.8 Å². The van der Waals surface area contributed by atoms with E-state index in [1.165, 1.54) is 11.1 Å². The zero-order valence-corrected chi connectivity index (χ0v) is 10.2. The van der Waals surface area contributed by atoms with E-state index >= 15 is 0 Å². The first-order valence-corrected chi connectivity index (χ1v) is 5.82. The minimum atomic E-state index is -0.460. The van der Waals surface area contributed by atoms with E-state index in [4.69, 9.17) is 0 Å². The molecule has 0 spiro atoms. The van der Waals surface area contributed by atoms with Crippen LogP contribution in [0.25, 0.3) is 0 Å². The first-order chi connectivity index (χ1) is 8.16. The Kier molecular flexibility index (Phi) is 3.55. The topological polar surface area (TPSA) is 33.1 Å². The fourth-order valence-corrected chi connectivity index (χ4v) is 1.94. The van der Waals surface area contributed by atoms with E-state index in [-0.39, 0.29) is 0 Å². The minimum Gasteiger partial charge on any atom is -0.388 e. The summed E-state index contributed by atoms with van der Waals surface area (Å²) in [6.45, 7) is 4.00. The summed E-state index contributed by atoms with van der Waals surface area (Å²) in [7, 11) is 0. The highest BCUT2D eigenvalue weighted by Gasteiger charge is 2.10. The van der Waals surface area contributed by atoms with E-state index < -0.39 is 6.10 Å². The van der Waals surface area contributed by atoms with E-state index in [0.717, 1.165) is 11.3 Å². The molecule has 1 aromatic heterocycles. The van der Waals surface area contributed by atoms with Crippen LogP contribution in [0.5, 0.6) is 0 Å². The third kappa shape index (κ3) is 2.92. The van der Waals surface area contributed by atoms with Gasteiger partial charge in [0, 0.05) is 18.3 Å². The Balaban J connectivity index is 2.17. The summed E-state index contributed by atoms with van der Waals surface area (Å²) < 4.78 is 0. The molecule has 0 saturated heterocycles. The van der Waals surface area contributed by atoms with Gasteiger partial charge in [0.05, 0.1) is 6.10 Å². The number of aryl methyl sites for hydroxylation is 2. The molecule has 0 aliphatic carbocycles. The number of aromatic nitrogens is 1. The van der Waals surface area contributed by atoms with Gasteiger partial charge in [-0.2, -0.15) is 0 Å². The summed E-state index contributed by atoms with van der Waals surface area (Å²) in [6, 6.07) is 12.0. The first kappa shape index (κ1) is 11.8. The Morgan fingerprint density at radius 2 is 1.94 bits per heavy atom. The molecule has 0 amide bonds. The Labute approximate surface area is 102 Å². The number of nitrogens with zero attached hydrogens (tertiary/aromatic N) is 1. The van der Waals surface area contributed by atoms with Gasteiger partial charge < -0.3 is 5.11 Å². The maximum absolute atomic E-state index is 10.2. The second-order valence-electron chi connectivity index (χ2n) is 4.38. The van der Waals surface area contributed by atoms with Crippen molar-refractivity contribution in [3.63, 3.8) is 0 Å². The van der Waals surface area contributed by atoms with Crippen LogP contribution in [0.3, 0.4) is 0 Å². The molecule has 88 valence electrons. The van der Waals surface area contributed by atoms with Crippen LogP contribution in [0.2, 0.25) is 0 Å². The number of pyridine rings is 1. The lowest BCUT2D eigenvalue weighted by atomic mass is 9.98. The van der Waals surface area contributed by atoms with Gasteiger partial charge in [-0.15, -0.1) is 0 Å². The molecule has 1 unspecified atom stereocenters. The number of benzene rings is 1. The minimum absolute atomic E-state index is 0.460. The zero-order valence-electron chi connectivity index (χ0n) is 10.2. The second-order valence-corrected chi connectivity index (χ2v) is 4.38. The maximum Gasteiger partial charge on any atom is 0.0831 e. The van der Waals surface area contributed by atoms with Crippen LogP contribution in [-0.2, 0) is 6.42 Å². The van der Waals surface area contributed by atoms with Gasteiger partial charge in [0.2, 0.25) is 0 Å². The Morgan fingerprint density at radius 3 is 2.65 bits per heavy atom. The zero-order chi connectivity index (χ0) is 12.3. The summed E-state index contributed by atoms with van der Waals surface area (Å²) in [6.07, 6.45) is 1.93. The van der Waals surface area contributed by atoms with Crippen LogP contribution in [0.15, 0.2) is 42.6 Å². The molecule has 2 rings (SSSR count). The average molecular weight is 227 g/mol. The van der Waals surface area contributed by atoms with Crippen LogP contribution < -0.4 is 0 Å². The molecular formula is C15H17NO. The van der Waals surface area contributed by atoms with Crippen molar-refractivity contribution in [3.8, 4) is 0 Å². The van der Waals surface area contributed by atoms with Crippen molar-refractivity contribution < 1.29 is 5.11 Å². The van der Waals surface area contributed by atoms with Crippen LogP contribution >= 0.6 is 0 Å². The number of hydrogen-bond donors (Lipinski definition) is 1. The van der Waals surface area contributed by atoms with E-state index in [2.05, 4.69) is 24.0 Å². The number of rotatable bonds is 3. The van der Waals surface area contributed by atoms with Gasteiger partial charge in [0.25, 0.3) is 0 Å². The fraction of sp³-hybridized carbons (Fsp3) is 0.267. The molecule has 1 aromatic carbocycles. The van der Waals surface area contributed by atoms with Gasteiger partial charge in [0.1, 0.15) is 0 Å².